The molecule has 0 spiro atoms. The molecule has 1 aromatic carbocycles. The summed E-state index contributed by atoms with van der Waals surface area (Å²) in [5, 5.41) is 0.546. The maximum atomic E-state index is 12.0. The Morgan fingerprint density at radius 2 is 1.79 bits per heavy atom. The maximum absolute atomic E-state index is 12.0. The van der Waals surface area contributed by atoms with Gasteiger partial charge in [-0.1, -0.05) is 28.1 Å². The number of aromatic nitrogens is 2. The molecule has 4 nitrogen and oxygen atoms in total. The molecular formula is C13H9BrN2O2S. The zero-order chi connectivity index (χ0) is 13.6. The molecule has 0 fully saturated rings. The van der Waals surface area contributed by atoms with Gasteiger partial charge < -0.3 is 0 Å². The van der Waals surface area contributed by atoms with Gasteiger partial charge in [-0.05, 0) is 24.6 Å². The maximum Gasteiger partial charge on any atom is 0.326 e. The molecule has 0 amide bonds. The van der Waals surface area contributed by atoms with Crippen molar-refractivity contribution in [3.05, 3.63) is 54.5 Å². The average molecular weight is 337 g/mol. The highest BCUT2D eigenvalue weighted by Gasteiger charge is 2.15. The van der Waals surface area contributed by atoms with E-state index >= 15 is 0 Å². The van der Waals surface area contributed by atoms with Crippen LogP contribution in [0.2, 0.25) is 0 Å². The van der Waals surface area contributed by atoms with Gasteiger partial charge >= 0.3 is 5.69 Å². The predicted molar refractivity (Wildman–Crippen MR) is 80.9 cm³/mol. The van der Waals surface area contributed by atoms with Crippen LogP contribution in [-0.4, -0.2) is 9.97 Å². The third kappa shape index (κ3) is 2.06. The second kappa shape index (κ2) is 4.47. The summed E-state index contributed by atoms with van der Waals surface area (Å²) in [6.07, 6.45) is 0. The zero-order valence-corrected chi connectivity index (χ0v) is 12.3. The fourth-order valence-electron chi connectivity index (χ4n) is 2.11. The van der Waals surface area contributed by atoms with Crippen molar-refractivity contribution in [2.45, 2.75) is 6.92 Å². The summed E-state index contributed by atoms with van der Waals surface area (Å²) < 4.78 is 0.982. The van der Waals surface area contributed by atoms with E-state index in [9.17, 15) is 9.59 Å². The minimum Gasteiger partial charge on any atom is -0.298 e. The first-order valence-electron chi connectivity index (χ1n) is 5.58. The van der Waals surface area contributed by atoms with E-state index in [2.05, 4.69) is 25.9 Å². The van der Waals surface area contributed by atoms with E-state index in [1.165, 1.54) is 11.3 Å². The van der Waals surface area contributed by atoms with Crippen LogP contribution in [0.4, 0.5) is 0 Å². The summed E-state index contributed by atoms with van der Waals surface area (Å²) in [7, 11) is 0. The molecule has 0 aliphatic heterocycles. The molecule has 0 radical (unpaired) electrons. The van der Waals surface area contributed by atoms with Gasteiger partial charge in [0.1, 0.15) is 4.83 Å². The number of aromatic amines is 2. The highest BCUT2D eigenvalue weighted by molar-refractivity contribution is 9.10. The van der Waals surface area contributed by atoms with Gasteiger partial charge in [0.25, 0.3) is 5.56 Å². The predicted octanol–water partition coefficient (Wildman–Crippen LogP) is 3.02. The van der Waals surface area contributed by atoms with Crippen LogP contribution >= 0.6 is 27.3 Å². The van der Waals surface area contributed by atoms with Gasteiger partial charge in [0.05, 0.1) is 5.39 Å². The molecule has 96 valence electrons. The first-order valence-corrected chi connectivity index (χ1v) is 7.19. The smallest absolute Gasteiger partial charge is 0.298 e. The zero-order valence-electron chi connectivity index (χ0n) is 9.91. The summed E-state index contributed by atoms with van der Waals surface area (Å²) in [4.78, 5) is 29.9. The fraction of sp³-hybridized carbons (Fsp3) is 0.0769. The number of aryl methyl sites for hydroxylation is 1. The van der Waals surface area contributed by atoms with Crippen molar-refractivity contribution < 1.29 is 0 Å². The Bertz CT molecular complexity index is 874. The van der Waals surface area contributed by atoms with Crippen molar-refractivity contribution in [3.8, 4) is 11.1 Å². The molecule has 0 unspecified atom stereocenters. The lowest BCUT2D eigenvalue weighted by atomic mass is 10.0. The normalized spacial score (nSPS) is 11.1. The van der Waals surface area contributed by atoms with Gasteiger partial charge in [-0.2, -0.15) is 0 Å². The molecule has 0 saturated carbocycles. The van der Waals surface area contributed by atoms with Crippen molar-refractivity contribution in [1.82, 2.24) is 9.97 Å². The van der Waals surface area contributed by atoms with Gasteiger partial charge in [-0.3, -0.25) is 14.8 Å². The Balaban J connectivity index is 2.41. The van der Waals surface area contributed by atoms with Crippen LogP contribution < -0.4 is 11.2 Å². The van der Waals surface area contributed by atoms with Crippen LogP contribution in [0.5, 0.6) is 0 Å². The SMILES string of the molecule is Cc1sc2[nH]c(=O)[nH]c(=O)c2c1-c1ccc(Br)cc1. The molecule has 0 saturated heterocycles. The summed E-state index contributed by atoms with van der Waals surface area (Å²) >= 11 is 4.81. The van der Waals surface area contributed by atoms with Crippen LogP contribution in [0.1, 0.15) is 4.88 Å². The number of H-pyrrole nitrogens is 2. The second-order valence-corrected chi connectivity index (χ2v) is 6.29. The number of benzene rings is 1. The minimum absolute atomic E-state index is 0.346. The topological polar surface area (TPSA) is 65.7 Å². The molecule has 19 heavy (non-hydrogen) atoms. The number of nitrogens with one attached hydrogen (secondary N) is 2. The van der Waals surface area contributed by atoms with Crippen LogP contribution in [0.3, 0.4) is 0 Å². The second-order valence-electron chi connectivity index (χ2n) is 4.15. The van der Waals surface area contributed by atoms with Crippen molar-refractivity contribution in [1.29, 1.82) is 0 Å². The number of fused-ring (bicyclic) bond motifs is 1. The monoisotopic (exact) mass is 336 g/mol. The van der Waals surface area contributed by atoms with E-state index < -0.39 is 5.69 Å². The largest absolute Gasteiger partial charge is 0.326 e. The molecule has 2 N–H and O–H groups in total. The van der Waals surface area contributed by atoms with E-state index in [0.29, 0.717) is 10.2 Å². The van der Waals surface area contributed by atoms with E-state index in [1.54, 1.807) is 0 Å². The molecule has 6 heteroatoms. The van der Waals surface area contributed by atoms with Crippen molar-refractivity contribution in [2.24, 2.45) is 0 Å². The highest BCUT2D eigenvalue weighted by atomic mass is 79.9. The molecule has 0 aliphatic rings. The number of rotatable bonds is 1. The van der Waals surface area contributed by atoms with Gasteiger partial charge in [-0.15, -0.1) is 11.3 Å². The minimum atomic E-state index is -0.471. The molecule has 2 heterocycles. The van der Waals surface area contributed by atoms with Gasteiger partial charge in [0.15, 0.2) is 0 Å². The summed E-state index contributed by atoms with van der Waals surface area (Å²) in [5.41, 5.74) is 1.02. The summed E-state index contributed by atoms with van der Waals surface area (Å²) in [6, 6.07) is 7.75. The lowest BCUT2D eigenvalue weighted by Gasteiger charge is -2.01. The lowest BCUT2D eigenvalue weighted by molar-refractivity contribution is 1.09. The standard InChI is InChI=1S/C13H9BrN2O2S/c1-6-9(7-2-4-8(14)5-3-7)10-11(17)15-13(18)16-12(10)19-6/h2-5H,1H3,(H2,15,16,17,18). The van der Waals surface area contributed by atoms with E-state index in [4.69, 9.17) is 0 Å². The Kier molecular flexibility index (Phi) is 2.91. The highest BCUT2D eigenvalue weighted by Crippen LogP contribution is 2.35. The molecular weight excluding hydrogens is 328 g/mol. The van der Waals surface area contributed by atoms with Crippen LogP contribution in [0, 0.1) is 6.92 Å². The number of hydrogen-bond donors (Lipinski definition) is 2. The molecule has 3 aromatic rings. The lowest BCUT2D eigenvalue weighted by Crippen LogP contribution is -2.21. The summed E-state index contributed by atoms with van der Waals surface area (Å²) in [6.45, 7) is 1.94. The molecule has 2 aromatic heterocycles. The number of thiophene rings is 1. The first-order chi connectivity index (χ1) is 9.06. The van der Waals surface area contributed by atoms with E-state index in [1.807, 2.05) is 31.2 Å². The Hall–Kier alpha value is -1.66. The number of halogens is 1. The first kappa shape index (κ1) is 12.4. The molecule has 0 atom stereocenters. The molecule has 3 rings (SSSR count). The van der Waals surface area contributed by atoms with E-state index in [-0.39, 0.29) is 5.56 Å². The van der Waals surface area contributed by atoms with Gasteiger partial charge in [0, 0.05) is 14.9 Å². The van der Waals surface area contributed by atoms with Gasteiger partial charge in [0.2, 0.25) is 0 Å². The van der Waals surface area contributed by atoms with E-state index in [0.717, 1.165) is 20.5 Å². The van der Waals surface area contributed by atoms with Crippen LogP contribution in [-0.2, 0) is 0 Å². The Morgan fingerprint density at radius 1 is 1.11 bits per heavy atom. The number of hydrogen-bond acceptors (Lipinski definition) is 3. The van der Waals surface area contributed by atoms with Gasteiger partial charge in [-0.25, -0.2) is 4.79 Å². The summed E-state index contributed by atoms with van der Waals surface area (Å²) in [5.74, 6) is 0. The van der Waals surface area contributed by atoms with Crippen molar-refractivity contribution in [2.75, 3.05) is 0 Å². The average Bonchev–Trinajstić information content (AvgIpc) is 2.66. The Morgan fingerprint density at radius 3 is 2.47 bits per heavy atom. The van der Waals surface area contributed by atoms with Crippen molar-refractivity contribution in [3.63, 3.8) is 0 Å². The molecule has 0 aliphatic carbocycles. The van der Waals surface area contributed by atoms with Crippen LogP contribution in [0.15, 0.2) is 38.3 Å². The molecule has 0 bridgehead atoms. The third-order valence-corrected chi connectivity index (χ3v) is 4.45. The quantitative estimate of drug-likeness (QED) is 0.717. The van der Waals surface area contributed by atoms with Crippen molar-refractivity contribution >= 4 is 37.5 Å². The van der Waals surface area contributed by atoms with Crippen LogP contribution in [0.25, 0.3) is 21.3 Å². The third-order valence-electron chi connectivity index (χ3n) is 2.90. The fourth-order valence-corrected chi connectivity index (χ4v) is 3.45. The Labute approximate surface area is 120 Å².